The van der Waals surface area contributed by atoms with E-state index in [-0.39, 0.29) is 17.7 Å². The van der Waals surface area contributed by atoms with Gasteiger partial charge in [-0.2, -0.15) is 0 Å². The topological polar surface area (TPSA) is 88.4 Å². The minimum atomic E-state index is -0.794. The van der Waals surface area contributed by atoms with E-state index in [1.165, 1.54) is 18.4 Å². The number of carbonyl (C=O) groups is 1. The van der Waals surface area contributed by atoms with Crippen LogP contribution < -0.4 is 29.1 Å². The van der Waals surface area contributed by atoms with Gasteiger partial charge in [-0.3, -0.25) is 9.36 Å². The normalized spacial score (nSPS) is 15.2. The zero-order valence-corrected chi connectivity index (χ0v) is 27.8. The fourth-order valence-electron chi connectivity index (χ4n) is 4.17. The van der Waals surface area contributed by atoms with Gasteiger partial charge < -0.3 is 18.9 Å². The molecule has 0 N–H and O–H groups in total. The molecule has 200 valence electrons. The number of methoxy groups -OCH3 is 3. The van der Waals surface area contributed by atoms with Crippen LogP contribution in [0.1, 0.15) is 31.0 Å². The molecule has 0 saturated carbocycles. The van der Waals surface area contributed by atoms with Crippen molar-refractivity contribution in [1.29, 1.82) is 0 Å². The van der Waals surface area contributed by atoms with E-state index in [4.69, 9.17) is 18.9 Å². The monoisotopic (exact) mass is 824 g/mol. The highest BCUT2D eigenvalue weighted by atomic mass is 127. The van der Waals surface area contributed by atoms with E-state index in [1.807, 2.05) is 18.2 Å². The van der Waals surface area contributed by atoms with E-state index in [1.54, 1.807) is 44.8 Å². The van der Waals surface area contributed by atoms with Crippen LogP contribution in [0.4, 0.5) is 0 Å². The summed E-state index contributed by atoms with van der Waals surface area (Å²) in [4.78, 5) is 32.2. The van der Waals surface area contributed by atoms with Gasteiger partial charge in [-0.1, -0.05) is 27.3 Å². The van der Waals surface area contributed by atoms with Crippen LogP contribution in [0.25, 0.3) is 6.08 Å². The lowest BCUT2D eigenvalue weighted by atomic mass is 9.95. The Morgan fingerprint density at radius 2 is 1.74 bits per heavy atom. The molecule has 2 heterocycles. The van der Waals surface area contributed by atoms with Crippen molar-refractivity contribution in [3.63, 3.8) is 0 Å². The number of rotatable bonds is 7. The van der Waals surface area contributed by atoms with Gasteiger partial charge in [0.25, 0.3) is 5.56 Å². The van der Waals surface area contributed by atoms with Gasteiger partial charge in [0.15, 0.2) is 16.3 Å². The first-order chi connectivity index (χ1) is 18.1. The van der Waals surface area contributed by atoms with Crippen LogP contribution in [0.2, 0.25) is 0 Å². The highest BCUT2D eigenvalue weighted by Crippen LogP contribution is 2.40. The van der Waals surface area contributed by atoms with Crippen LogP contribution in [-0.2, 0) is 9.53 Å². The van der Waals surface area contributed by atoms with Gasteiger partial charge in [-0.05, 0) is 100 Å². The molecule has 1 aliphatic heterocycles. The highest BCUT2D eigenvalue weighted by molar-refractivity contribution is 14.1. The van der Waals surface area contributed by atoms with Crippen LogP contribution in [0, 0.1) is 7.14 Å². The molecule has 0 fully saturated rings. The third kappa shape index (κ3) is 5.41. The standard InChI is InChI=1S/C26H23BrI2N2O6S/c1-6-37-25(33)21-12(2)30-26-31(22(21)14-10-18(34-3)19(35-4)11-15(14)27)24(32)20(38-26)9-13-7-16(28)23(36-5)17(29)8-13/h7-11,22H,6H2,1-5H3/b20-9-/t22-/m1/s1. The number of halogens is 3. The number of fused-ring (bicyclic) bond motifs is 1. The molecule has 0 saturated heterocycles. The molecule has 38 heavy (non-hydrogen) atoms. The largest absolute Gasteiger partial charge is 0.495 e. The average molecular weight is 825 g/mol. The molecule has 0 spiro atoms. The van der Waals surface area contributed by atoms with Crippen LogP contribution in [0.5, 0.6) is 17.2 Å². The van der Waals surface area contributed by atoms with Crippen LogP contribution in [0.15, 0.2) is 49.8 Å². The minimum absolute atomic E-state index is 0.189. The SMILES string of the molecule is CCOC(=O)C1=C(C)N=c2s/c(=C\c3cc(I)c(OC)c(I)c3)c(=O)n2[C@@H]1c1cc(OC)c(OC)cc1Br. The zero-order chi connectivity index (χ0) is 27.7. The second kappa shape index (κ2) is 12.1. The number of carbonyl (C=O) groups excluding carboxylic acids is 1. The van der Waals surface area contributed by atoms with Gasteiger partial charge >= 0.3 is 5.97 Å². The smallest absolute Gasteiger partial charge is 0.338 e. The third-order valence-electron chi connectivity index (χ3n) is 5.84. The summed E-state index contributed by atoms with van der Waals surface area (Å²) in [7, 11) is 4.71. The Morgan fingerprint density at radius 1 is 1.11 bits per heavy atom. The first-order valence-electron chi connectivity index (χ1n) is 11.3. The summed E-state index contributed by atoms with van der Waals surface area (Å²) in [6.45, 7) is 3.68. The van der Waals surface area contributed by atoms with E-state index in [2.05, 4.69) is 66.1 Å². The quantitative estimate of drug-likeness (QED) is 0.252. The lowest BCUT2D eigenvalue weighted by molar-refractivity contribution is -0.139. The molecular weight excluding hydrogens is 802 g/mol. The predicted octanol–water partition coefficient (Wildman–Crippen LogP) is 4.80. The Balaban J connectivity index is 2.00. The Labute approximate surface area is 258 Å². The van der Waals surface area contributed by atoms with Crippen molar-refractivity contribution in [3.05, 3.63) is 78.0 Å². The van der Waals surface area contributed by atoms with Crippen molar-refractivity contribution >= 4 is 84.5 Å². The molecule has 4 rings (SSSR count). The number of nitrogens with zero attached hydrogens (tertiary/aromatic N) is 2. The number of ether oxygens (including phenoxy) is 4. The Kier molecular flexibility index (Phi) is 9.25. The van der Waals surface area contributed by atoms with Gasteiger partial charge in [-0.15, -0.1) is 0 Å². The second-order valence-corrected chi connectivity index (χ2v) is 12.2. The second-order valence-electron chi connectivity index (χ2n) is 8.05. The van der Waals surface area contributed by atoms with Crippen LogP contribution in [-0.4, -0.2) is 38.5 Å². The Bertz CT molecular complexity index is 1620. The summed E-state index contributed by atoms with van der Waals surface area (Å²) in [5, 5.41) is 0. The highest BCUT2D eigenvalue weighted by Gasteiger charge is 2.35. The van der Waals surface area contributed by atoms with Crippen molar-refractivity contribution < 1.29 is 23.7 Å². The zero-order valence-electron chi connectivity index (χ0n) is 21.1. The minimum Gasteiger partial charge on any atom is -0.495 e. The van der Waals surface area contributed by atoms with Crippen molar-refractivity contribution in [2.75, 3.05) is 27.9 Å². The van der Waals surface area contributed by atoms with Crippen molar-refractivity contribution in [3.8, 4) is 17.2 Å². The van der Waals surface area contributed by atoms with Crippen LogP contribution in [0.3, 0.4) is 0 Å². The van der Waals surface area contributed by atoms with E-state index < -0.39 is 12.0 Å². The summed E-state index contributed by atoms with van der Waals surface area (Å²) >= 11 is 9.31. The summed E-state index contributed by atoms with van der Waals surface area (Å²) in [6, 6.07) is 6.63. The summed E-state index contributed by atoms with van der Waals surface area (Å²) in [6.07, 6.45) is 1.83. The van der Waals surface area contributed by atoms with Gasteiger partial charge in [0, 0.05) is 4.47 Å². The van der Waals surface area contributed by atoms with Gasteiger partial charge in [0.2, 0.25) is 0 Å². The van der Waals surface area contributed by atoms with Gasteiger partial charge in [0.1, 0.15) is 5.75 Å². The number of esters is 1. The average Bonchev–Trinajstić information content (AvgIpc) is 3.17. The number of allylic oxidation sites excluding steroid dienone is 1. The number of aromatic nitrogens is 1. The molecule has 0 unspecified atom stereocenters. The van der Waals surface area contributed by atoms with E-state index in [9.17, 15) is 9.59 Å². The molecule has 1 aromatic heterocycles. The maximum Gasteiger partial charge on any atom is 0.338 e. The molecule has 1 aliphatic rings. The van der Waals surface area contributed by atoms with E-state index >= 15 is 0 Å². The first-order valence-corrected chi connectivity index (χ1v) is 15.1. The maximum atomic E-state index is 13.9. The fourth-order valence-corrected chi connectivity index (χ4v) is 8.02. The van der Waals surface area contributed by atoms with Crippen molar-refractivity contribution in [2.45, 2.75) is 19.9 Å². The lowest BCUT2D eigenvalue weighted by Crippen LogP contribution is -2.40. The molecule has 1 atom stereocenters. The number of thiazole rings is 1. The van der Waals surface area contributed by atoms with Crippen LogP contribution >= 0.6 is 72.4 Å². The molecule has 0 aliphatic carbocycles. The molecular formula is C26H23BrI2N2O6S. The van der Waals surface area contributed by atoms with Crippen molar-refractivity contribution in [1.82, 2.24) is 4.57 Å². The Morgan fingerprint density at radius 3 is 2.32 bits per heavy atom. The van der Waals surface area contributed by atoms with E-state index in [0.717, 1.165) is 18.5 Å². The molecule has 0 bridgehead atoms. The third-order valence-corrected chi connectivity index (χ3v) is 9.11. The first kappa shape index (κ1) is 29.1. The number of hydrogen-bond donors (Lipinski definition) is 0. The Hall–Kier alpha value is -1.91. The molecule has 12 heteroatoms. The summed E-state index contributed by atoms with van der Waals surface area (Å²) < 4.78 is 26.4. The fraction of sp³-hybridized carbons (Fsp3) is 0.269. The maximum absolute atomic E-state index is 13.9. The summed E-state index contributed by atoms with van der Waals surface area (Å²) in [5.74, 6) is 1.23. The van der Waals surface area contributed by atoms with Crippen molar-refractivity contribution in [2.24, 2.45) is 4.99 Å². The molecule has 3 aromatic rings. The molecule has 0 radical (unpaired) electrons. The van der Waals surface area contributed by atoms with E-state index in [0.29, 0.717) is 36.6 Å². The summed E-state index contributed by atoms with van der Waals surface area (Å²) in [5.41, 5.74) is 2.00. The molecule has 2 aromatic carbocycles. The molecule has 0 amide bonds. The predicted molar refractivity (Wildman–Crippen MR) is 166 cm³/mol. The number of hydrogen-bond acceptors (Lipinski definition) is 8. The number of benzene rings is 2. The molecule has 8 nitrogen and oxygen atoms in total. The van der Waals surface area contributed by atoms with Gasteiger partial charge in [-0.25, -0.2) is 9.79 Å². The lowest BCUT2D eigenvalue weighted by Gasteiger charge is -2.26. The van der Waals surface area contributed by atoms with Gasteiger partial charge in [0.05, 0.1) is 56.9 Å².